The molecule has 1 atom stereocenters. The van der Waals surface area contributed by atoms with Crippen molar-refractivity contribution in [3.63, 3.8) is 0 Å². The Balaban J connectivity index is 1.36. The number of benzene rings is 2. The van der Waals surface area contributed by atoms with Crippen molar-refractivity contribution in [2.45, 2.75) is 18.4 Å². The van der Waals surface area contributed by atoms with E-state index in [-0.39, 0.29) is 0 Å². The van der Waals surface area contributed by atoms with Gasteiger partial charge in [0.1, 0.15) is 12.1 Å². The van der Waals surface area contributed by atoms with E-state index in [1.165, 1.54) is 0 Å². The second-order valence-electron chi connectivity index (χ2n) is 7.43. The van der Waals surface area contributed by atoms with Crippen molar-refractivity contribution < 1.29 is 32.3 Å². The van der Waals surface area contributed by atoms with Gasteiger partial charge in [0.25, 0.3) is 5.91 Å². The lowest BCUT2D eigenvalue weighted by Gasteiger charge is -2.22. The molecule has 0 aromatic heterocycles. The quantitative estimate of drug-likeness (QED) is 0.479. The second-order valence-corrected chi connectivity index (χ2v) is 7.43. The lowest BCUT2D eigenvalue weighted by atomic mass is 9.92. The number of hydrogen-bond donors (Lipinski definition) is 3. The zero-order valence-electron chi connectivity index (χ0n) is 16.5. The standard InChI is InChI=1S/C21H17F3N4O4/c22-13-5-6-14(18(24)17(13)23)26-15(29)9-25-16(30)10-28-19(31)21(27-20(28)32)8-7-11-3-1-2-4-12(11)21/h1-6H,7-10H2,(H,25,30)(H,26,29)(H,27,32). The Morgan fingerprint density at radius 3 is 2.56 bits per heavy atom. The van der Waals surface area contributed by atoms with Gasteiger partial charge >= 0.3 is 6.03 Å². The number of rotatable bonds is 5. The number of anilines is 1. The summed E-state index contributed by atoms with van der Waals surface area (Å²) in [6, 6.07) is 7.96. The number of aryl methyl sites for hydroxylation is 1. The second kappa shape index (κ2) is 7.98. The third kappa shape index (κ3) is 3.55. The molecule has 2 aromatic rings. The molecule has 1 fully saturated rings. The van der Waals surface area contributed by atoms with Crippen LogP contribution in [0.15, 0.2) is 36.4 Å². The molecule has 32 heavy (non-hydrogen) atoms. The molecule has 1 aliphatic carbocycles. The van der Waals surface area contributed by atoms with Crippen LogP contribution < -0.4 is 16.0 Å². The maximum atomic E-state index is 13.6. The number of nitrogens with one attached hydrogen (secondary N) is 3. The zero-order chi connectivity index (χ0) is 23.0. The van der Waals surface area contributed by atoms with Gasteiger partial charge in [-0.05, 0) is 36.1 Å². The van der Waals surface area contributed by atoms with E-state index >= 15 is 0 Å². The highest BCUT2D eigenvalue weighted by Crippen LogP contribution is 2.41. The first-order chi connectivity index (χ1) is 15.2. The highest BCUT2D eigenvalue weighted by atomic mass is 19.2. The van der Waals surface area contributed by atoms with Crippen LogP contribution in [0.25, 0.3) is 0 Å². The van der Waals surface area contributed by atoms with Gasteiger partial charge in [-0.1, -0.05) is 24.3 Å². The first-order valence-corrected chi connectivity index (χ1v) is 9.65. The Morgan fingerprint density at radius 2 is 1.78 bits per heavy atom. The van der Waals surface area contributed by atoms with Gasteiger partial charge in [-0.25, -0.2) is 18.0 Å². The molecule has 0 radical (unpaired) electrons. The number of fused-ring (bicyclic) bond motifs is 2. The van der Waals surface area contributed by atoms with E-state index in [9.17, 15) is 32.3 Å². The van der Waals surface area contributed by atoms with E-state index in [2.05, 4.69) is 10.6 Å². The van der Waals surface area contributed by atoms with Crippen LogP contribution in [0, 0.1) is 17.5 Å². The van der Waals surface area contributed by atoms with E-state index in [0.717, 1.165) is 16.5 Å². The van der Waals surface area contributed by atoms with Gasteiger partial charge in [-0.2, -0.15) is 0 Å². The molecule has 1 unspecified atom stereocenters. The Hall–Kier alpha value is -3.89. The molecule has 2 aromatic carbocycles. The highest BCUT2D eigenvalue weighted by Gasteiger charge is 2.55. The minimum absolute atomic E-state index is 0.372. The number of amides is 5. The van der Waals surface area contributed by atoms with Crippen molar-refractivity contribution in [3.8, 4) is 0 Å². The summed E-state index contributed by atoms with van der Waals surface area (Å²) in [5.74, 6) is -7.01. The Kier molecular flexibility index (Phi) is 5.33. The first kappa shape index (κ1) is 21.3. The summed E-state index contributed by atoms with van der Waals surface area (Å²) in [4.78, 5) is 50.3. The number of carbonyl (C=O) groups excluding carboxylic acids is 4. The van der Waals surface area contributed by atoms with Gasteiger partial charge < -0.3 is 16.0 Å². The molecule has 0 bridgehead atoms. The summed E-state index contributed by atoms with van der Waals surface area (Å²) in [6.07, 6.45) is 0.972. The fourth-order valence-corrected chi connectivity index (χ4v) is 3.93. The Morgan fingerprint density at radius 1 is 1.03 bits per heavy atom. The van der Waals surface area contributed by atoms with Gasteiger partial charge in [-0.15, -0.1) is 0 Å². The first-order valence-electron chi connectivity index (χ1n) is 9.65. The van der Waals surface area contributed by atoms with Crippen molar-refractivity contribution in [1.82, 2.24) is 15.5 Å². The Bertz CT molecular complexity index is 1160. The van der Waals surface area contributed by atoms with Crippen molar-refractivity contribution in [2.24, 2.45) is 0 Å². The third-order valence-corrected chi connectivity index (χ3v) is 5.48. The molecule has 3 N–H and O–H groups in total. The lowest BCUT2D eigenvalue weighted by molar-refractivity contribution is -0.135. The van der Waals surface area contributed by atoms with Gasteiger partial charge in [0.2, 0.25) is 11.8 Å². The van der Waals surface area contributed by atoms with Crippen LogP contribution in [0.3, 0.4) is 0 Å². The monoisotopic (exact) mass is 446 g/mol. The molecule has 4 rings (SSSR count). The van der Waals surface area contributed by atoms with Crippen LogP contribution in [-0.2, 0) is 26.3 Å². The number of imide groups is 1. The molecule has 1 aliphatic heterocycles. The minimum Gasteiger partial charge on any atom is -0.345 e. The van der Waals surface area contributed by atoms with Crippen molar-refractivity contribution in [1.29, 1.82) is 0 Å². The van der Waals surface area contributed by atoms with Crippen LogP contribution in [0.5, 0.6) is 0 Å². The summed E-state index contributed by atoms with van der Waals surface area (Å²) in [6.45, 7) is -1.27. The van der Waals surface area contributed by atoms with E-state index in [1.807, 2.05) is 17.4 Å². The fraction of sp³-hybridized carbons (Fsp3) is 0.238. The normalized spacial score (nSPS) is 19.2. The maximum Gasteiger partial charge on any atom is 0.325 e. The van der Waals surface area contributed by atoms with E-state index in [4.69, 9.17) is 0 Å². The van der Waals surface area contributed by atoms with Gasteiger partial charge in [0, 0.05) is 0 Å². The molecule has 2 aliphatic rings. The summed E-state index contributed by atoms with van der Waals surface area (Å²) in [5.41, 5.74) is -0.183. The molecular formula is C21H17F3N4O4. The summed E-state index contributed by atoms with van der Waals surface area (Å²) >= 11 is 0. The molecule has 1 heterocycles. The fourth-order valence-electron chi connectivity index (χ4n) is 3.93. The average molecular weight is 446 g/mol. The molecule has 0 saturated carbocycles. The van der Waals surface area contributed by atoms with Crippen LogP contribution in [0.2, 0.25) is 0 Å². The van der Waals surface area contributed by atoms with Crippen molar-refractivity contribution in [2.75, 3.05) is 18.4 Å². The van der Waals surface area contributed by atoms with Gasteiger partial charge in [0.15, 0.2) is 17.5 Å². The smallest absolute Gasteiger partial charge is 0.325 e. The van der Waals surface area contributed by atoms with Crippen molar-refractivity contribution >= 4 is 29.4 Å². The average Bonchev–Trinajstić information content (AvgIpc) is 3.26. The van der Waals surface area contributed by atoms with Gasteiger partial charge in [-0.3, -0.25) is 19.3 Å². The molecule has 166 valence electrons. The predicted molar refractivity (Wildman–Crippen MR) is 105 cm³/mol. The van der Waals surface area contributed by atoms with E-state index < -0.39 is 65.5 Å². The molecule has 5 amide bonds. The van der Waals surface area contributed by atoms with Crippen LogP contribution in [0.4, 0.5) is 23.7 Å². The largest absolute Gasteiger partial charge is 0.345 e. The lowest BCUT2D eigenvalue weighted by Crippen LogP contribution is -2.44. The SMILES string of the molecule is O=C(CN1C(=O)NC2(CCc3ccccc32)C1=O)NCC(=O)Nc1ccc(F)c(F)c1F. The number of nitrogens with zero attached hydrogens (tertiary/aromatic N) is 1. The molecule has 11 heteroatoms. The van der Waals surface area contributed by atoms with Gasteiger partial charge in [0.05, 0.1) is 12.2 Å². The number of carbonyl (C=O) groups is 4. The number of halogens is 3. The van der Waals surface area contributed by atoms with Crippen LogP contribution in [-0.4, -0.2) is 41.7 Å². The summed E-state index contributed by atoms with van der Waals surface area (Å²) in [7, 11) is 0. The number of hydrogen-bond acceptors (Lipinski definition) is 4. The van der Waals surface area contributed by atoms with Crippen LogP contribution >= 0.6 is 0 Å². The summed E-state index contributed by atoms with van der Waals surface area (Å²) < 4.78 is 39.8. The Labute approximate surface area is 179 Å². The molecule has 1 saturated heterocycles. The summed E-state index contributed by atoms with van der Waals surface area (Å²) in [5, 5.41) is 6.87. The molecule has 8 nitrogen and oxygen atoms in total. The topological polar surface area (TPSA) is 108 Å². The predicted octanol–water partition coefficient (Wildman–Crippen LogP) is 1.55. The molecular weight excluding hydrogens is 429 g/mol. The van der Waals surface area contributed by atoms with E-state index in [1.54, 1.807) is 12.1 Å². The number of urea groups is 1. The zero-order valence-corrected chi connectivity index (χ0v) is 16.5. The van der Waals surface area contributed by atoms with E-state index in [0.29, 0.717) is 24.5 Å². The molecule has 1 spiro atoms. The van der Waals surface area contributed by atoms with Crippen molar-refractivity contribution in [3.05, 3.63) is 65.0 Å². The third-order valence-electron chi connectivity index (χ3n) is 5.48. The minimum atomic E-state index is -1.74. The highest BCUT2D eigenvalue weighted by molar-refractivity contribution is 6.10. The maximum absolute atomic E-state index is 13.6. The van der Waals surface area contributed by atoms with Crippen LogP contribution in [0.1, 0.15) is 17.5 Å².